The summed E-state index contributed by atoms with van der Waals surface area (Å²) in [5, 5.41) is 0. The largest absolute Gasteiger partial charge is 0.469 e. The summed E-state index contributed by atoms with van der Waals surface area (Å²) in [4.78, 5) is 11.3. The van der Waals surface area contributed by atoms with Gasteiger partial charge in [-0.2, -0.15) is 0 Å². The van der Waals surface area contributed by atoms with Gasteiger partial charge in [-0.05, 0) is 36.0 Å². The highest BCUT2D eigenvalue weighted by atomic mass is 35.5. The van der Waals surface area contributed by atoms with Gasteiger partial charge in [-0.1, -0.05) is 18.2 Å². The Hall–Kier alpha value is -1.06. The van der Waals surface area contributed by atoms with Gasteiger partial charge >= 0.3 is 5.97 Å². The van der Waals surface area contributed by atoms with Crippen LogP contribution in [0.4, 0.5) is 0 Å². The van der Waals surface area contributed by atoms with Gasteiger partial charge in [-0.25, -0.2) is 0 Å². The average Bonchev–Trinajstić information content (AvgIpc) is 2.29. The summed E-state index contributed by atoms with van der Waals surface area (Å²) >= 11 is 0. The van der Waals surface area contributed by atoms with Crippen LogP contribution in [0.2, 0.25) is 0 Å². The number of esters is 1. The zero-order chi connectivity index (χ0) is 11.5. The Labute approximate surface area is 108 Å². The SMILES string of the molecule is COC(=O)Cc1cccc2c1CC(N)CC2.Cl. The highest BCUT2D eigenvalue weighted by molar-refractivity contribution is 5.85. The van der Waals surface area contributed by atoms with Crippen molar-refractivity contribution in [3.05, 3.63) is 34.9 Å². The van der Waals surface area contributed by atoms with Crippen molar-refractivity contribution in [2.45, 2.75) is 31.7 Å². The van der Waals surface area contributed by atoms with Gasteiger partial charge in [0.1, 0.15) is 0 Å². The summed E-state index contributed by atoms with van der Waals surface area (Å²) in [6.45, 7) is 0. The lowest BCUT2D eigenvalue weighted by Crippen LogP contribution is -2.29. The minimum atomic E-state index is -0.187. The maximum absolute atomic E-state index is 11.3. The second-order valence-corrected chi connectivity index (χ2v) is 4.31. The normalized spacial score (nSPS) is 17.9. The molecule has 0 fully saturated rings. The van der Waals surface area contributed by atoms with Crippen LogP contribution in [0.1, 0.15) is 23.1 Å². The van der Waals surface area contributed by atoms with Crippen LogP contribution >= 0.6 is 12.4 Å². The molecule has 0 aromatic heterocycles. The Morgan fingerprint density at radius 1 is 1.53 bits per heavy atom. The second-order valence-electron chi connectivity index (χ2n) is 4.31. The fraction of sp³-hybridized carbons (Fsp3) is 0.462. The molecule has 0 aliphatic heterocycles. The predicted molar refractivity (Wildman–Crippen MR) is 69.4 cm³/mol. The lowest BCUT2D eigenvalue weighted by atomic mass is 9.85. The van der Waals surface area contributed by atoms with E-state index in [4.69, 9.17) is 10.5 Å². The van der Waals surface area contributed by atoms with Crippen molar-refractivity contribution in [2.24, 2.45) is 5.73 Å². The number of benzene rings is 1. The maximum atomic E-state index is 11.3. The van der Waals surface area contributed by atoms with Crippen LogP contribution in [-0.4, -0.2) is 19.1 Å². The number of fused-ring (bicyclic) bond motifs is 1. The van der Waals surface area contributed by atoms with E-state index in [-0.39, 0.29) is 24.4 Å². The molecule has 1 aliphatic rings. The Morgan fingerprint density at radius 2 is 2.29 bits per heavy atom. The zero-order valence-corrected chi connectivity index (χ0v) is 10.8. The molecular weight excluding hydrogens is 238 g/mol. The van der Waals surface area contributed by atoms with Gasteiger partial charge in [0.2, 0.25) is 0 Å². The molecule has 4 heteroatoms. The van der Waals surface area contributed by atoms with Crippen LogP contribution in [0.3, 0.4) is 0 Å². The number of halogens is 1. The fourth-order valence-corrected chi connectivity index (χ4v) is 2.28. The van der Waals surface area contributed by atoms with Crippen molar-refractivity contribution in [3.8, 4) is 0 Å². The Bertz CT molecular complexity index is 406. The van der Waals surface area contributed by atoms with Gasteiger partial charge in [0, 0.05) is 6.04 Å². The van der Waals surface area contributed by atoms with Crippen molar-refractivity contribution >= 4 is 18.4 Å². The summed E-state index contributed by atoms with van der Waals surface area (Å²) in [6, 6.07) is 6.36. The molecule has 17 heavy (non-hydrogen) atoms. The van der Waals surface area contributed by atoms with Gasteiger partial charge in [-0.15, -0.1) is 12.4 Å². The van der Waals surface area contributed by atoms with E-state index >= 15 is 0 Å². The third kappa shape index (κ3) is 3.20. The molecule has 2 rings (SSSR count). The monoisotopic (exact) mass is 255 g/mol. The lowest BCUT2D eigenvalue weighted by molar-refractivity contribution is -0.139. The van der Waals surface area contributed by atoms with Gasteiger partial charge in [-0.3, -0.25) is 4.79 Å². The first-order valence-corrected chi connectivity index (χ1v) is 5.62. The van der Waals surface area contributed by atoms with Crippen molar-refractivity contribution < 1.29 is 9.53 Å². The molecule has 0 saturated heterocycles. The molecule has 0 radical (unpaired) electrons. The number of hydrogen-bond donors (Lipinski definition) is 1. The van der Waals surface area contributed by atoms with Crippen molar-refractivity contribution in [3.63, 3.8) is 0 Å². The molecule has 0 bridgehead atoms. The van der Waals surface area contributed by atoms with E-state index in [0.717, 1.165) is 24.8 Å². The highest BCUT2D eigenvalue weighted by Crippen LogP contribution is 2.24. The first kappa shape index (κ1) is 14.0. The molecule has 1 unspecified atom stereocenters. The van der Waals surface area contributed by atoms with Gasteiger partial charge in [0.15, 0.2) is 0 Å². The summed E-state index contributed by atoms with van der Waals surface area (Å²) in [5.41, 5.74) is 9.63. The molecule has 1 aromatic rings. The molecule has 94 valence electrons. The number of carbonyl (C=O) groups is 1. The maximum Gasteiger partial charge on any atom is 0.309 e. The van der Waals surface area contributed by atoms with Gasteiger partial charge in [0.05, 0.1) is 13.5 Å². The van der Waals surface area contributed by atoms with E-state index in [2.05, 4.69) is 6.07 Å². The van der Waals surface area contributed by atoms with E-state index in [1.54, 1.807) is 0 Å². The van der Waals surface area contributed by atoms with Crippen LogP contribution in [0.25, 0.3) is 0 Å². The smallest absolute Gasteiger partial charge is 0.309 e. The van der Waals surface area contributed by atoms with Crippen LogP contribution in [0, 0.1) is 0 Å². The molecular formula is C13H18ClNO2. The van der Waals surface area contributed by atoms with Crippen molar-refractivity contribution in [1.82, 2.24) is 0 Å². The van der Waals surface area contributed by atoms with Gasteiger partial charge in [0.25, 0.3) is 0 Å². The quantitative estimate of drug-likeness (QED) is 0.818. The van der Waals surface area contributed by atoms with Crippen LogP contribution in [-0.2, 0) is 28.8 Å². The molecule has 3 nitrogen and oxygen atoms in total. The first-order valence-electron chi connectivity index (χ1n) is 5.62. The molecule has 0 saturated carbocycles. The molecule has 1 aliphatic carbocycles. The second kappa shape index (κ2) is 6.03. The van der Waals surface area contributed by atoms with Crippen molar-refractivity contribution in [2.75, 3.05) is 7.11 Å². The Balaban J connectivity index is 0.00000144. The lowest BCUT2D eigenvalue weighted by Gasteiger charge is -2.23. The van der Waals surface area contributed by atoms with E-state index in [0.29, 0.717) is 6.42 Å². The van der Waals surface area contributed by atoms with Crippen LogP contribution < -0.4 is 5.73 Å². The summed E-state index contributed by atoms with van der Waals surface area (Å²) < 4.78 is 4.70. The molecule has 0 amide bonds. The van der Waals surface area contributed by atoms with E-state index in [1.165, 1.54) is 18.2 Å². The topological polar surface area (TPSA) is 52.3 Å². The highest BCUT2D eigenvalue weighted by Gasteiger charge is 2.19. The molecule has 1 atom stereocenters. The molecule has 1 aromatic carbocycles. The Kier molecular flexibility index (Phi) is 4.97. The van der Waals surface area contributed by atoms with Crippen molar-refractivity contribution in [1.29, 1.82) is 0 Å². The number of aryl methyl sites for hydroxylation is 1. The third-order valence-electron chi connectivity index (χ3n) is 3.18. The van der Waals surface area contributed by atoms with Gasteiger partial charge < -0.3 is 10.5 Å². The number of carbonyl (C=O) groups excluding carboxylic acids is 1. The van der Waals surface area contributed by atoms with E-state index < -0.39 is 0 Å². The van der Waals surface area contributed by atoms with E-state index in [1.807, 2.05) is 12.1 Å². The number of rotatable bonds is 2. The summed E-state index contributed by atoms with van der Waals surface area (Å²) in [5.74, 6) is -0.187. The Morgan fingerprint density at radius 3 is 3.00 bits per heavy atom. The minimum absolute atomic E-state index is 0. The zero-order valence-electron chi connectivity index (χ0n) is 9.94. The molecule has 0 heterocycles. The van der Waals surface area contributed by atoms with Crippen LogP contribution in [0.15, 0.2) is 18.2 Å². The number of hydrogen-bond acceptors (Lipinski definition) is 3. The third-order valence-corrected chi connectivity index (χ3v) is 3.18. The number of methoxy groups -OCH3 is 1. The average molecular weight is 256 g/mol. The molecule has 0 spiro atoms. The first-order chi connectivity index (χ1) is 7.70. The standard InChI is InChI=1S/C13H17NO2.ClH/c1-16-13(15)7-10-4-2-3-9-5-6-11(14)8-12(9)10;/h2-4,11H,5-8,14H2,1H3;1H. The molecule has 2 N–H and O–H groups in total. The minimum Gasteiger partial charge on any atom is -0.469 e. The summed E-state index contributed by atoms with van der Waals surface area (Å²) in [6.07, 6.45) is 3.29. The fourth-order valence-electron chi connectivity index (χ4n) is 2.28. The van der Waals surface area contributed by atoms with E-state index in [9.17, 15) is 4.79 Å². The van der Waals surface area contributed by atoms with Crippen LogP contribution in [0.5, 0.6) is 0 Å². The number of ether oxygens (including phenoxy) is 1. The number of nitrogens with two attached hydrogens (primary N) is 1. The predicted octanol–water partition coefficient (Wildman–Crippen LogP) is 1.64. The summed E-state index contributed by atoms with van der Waals surface area (Å²) in [7, 11) is 1.42.